The SMILES string of the molecule is O=CC(=NO)N1CCOCC1. The van der Waals surface area contributed by atoms with Gasteiger partial charge in [-0.05, 0) is 0 Å². The van der Waals surface area contributed by atoms with E-state index in [9.17, 15) is 4.79 Å². The van der Waals surface area contributed by atoms with E-state index in [2.05, 4.69) is 5.16 Å². The Hall–Kier alpha value is -1.10. The van der Waals surface area contributed by atoms with Crippen molar-refractivity contribution >= 4 is 12.1 Å². The first-order valence-corrected chi connectivity index (χ1v) is 3.38. The van der Waals surface area contributed by atoms with Crippen LogP contribution in [0.4, 0.5) is 0 Å². The van der Waals surface area contributed by atoms with Gasteiger partial charge in [-0.15, -0.1) is 0 Å². The number of hydrogen-bond acceptors (Lipinski definition) is 4. The first kappa shape index (κ1) is 8.00. The summed E-state index contributed by atoms with van der Waals surface area (Å²) in [4.78, 5) is 11.9. The minimum absolute atomic E-state index is 0.0771. The fourth-order valence-corrected chi connectivity index (χ4v) is 0.954. The second-order valence-corrected chi connectivity index (χ2v) is 2.18. The summed E-state index contributed by atoms with van der Waals surface area (Å²) in [5.41, 5.74) is 0. The number of aldehydes is 1. The van der Waals surface area contributed by atoms with E-state index < -0.39 is 0 Å². The van der Waals surface area contributed by atoms with Gasteiger partial charge in [-0.1, -0.05) is 5.16 Å². The summed E-state index contributed by atoms with van der Waals surface area (Å²) in [7, 11) is 0. The van der Waals surface area contributed by atoms with Gasteiger partial charge in [0.05, 0.1) is 13.2 Å². The summed E-state index contributed by atoms with van der Waals surface area (Å²) in [6, 6.07) is 0. The van der Waals surface area contributed by atoms with Gasteiger partial charge in [-0.3, -0.25) is 4.79 Å². The smallest absolute Gasteiger partial charge is 0.208 e. The molecule has 62 valence electrons. The van der Waals surface area contributed by atoms with Crippen LogP contribution in [0.1, 0.15) is 0 Å². The molecule has 1 aliphatic heterocycles. The third kappa shape index (κ3) is 1.91. The molecule has 0 bridgehead atoms. The Balaban J connectivity index is 2.49. The van der Waals surface area contributed by atoms with E-state index in [1.54, 1.807) is 4.90 Å². The van der Waals surface area contributed by atoms with E-state index in [-0.39, 0.29) is 5.84 Å². The van der Waals surface area contributed by atoms with Crippen molar-refractivity contribution in [3.8, 4) is 0 Å². The first-order chi connectivity index (χ1) is 5.38. The molecule has 0 radical (unpaired) electrons. The molecule has 1 rings (SSSR count). The van der Waals surface area contributed by atoms with Gasteiger partial charge in [0.25, 0.3) is 0 Å². The number of oxime groups is 1. The topological polar surface area (TPSA) is 62.1 Å². The summed E-state index contributed by atoms with van der Waals surface area (Å²) in [5.74, 6) is 0.0771. The minimum atomic E-state index is 0.0771. The van der Waals surface area contributed by atoms with Crippen LogP contribution in [0, 0.1) is 0 Å². The molecule has 5 heteroatoms. The number of amidine groups is 1. The van der Waals surface area contributed by atoms with Crippen molar-refractivity contribution in [2.45, 2.75) is 0 Å². The Morgan fingerprint density at radius 3 is 2.64 bits per heavy atom. The lowest BCUT2D eigenvalue weighted by atomic mass is 10.4. The van der Waals surface area contributed by atoms with Gasteiger partial charge in [-0.2, -0.15) is 0 Å². The largest absolute Gasteiger partial charge is 0.409 e. The summed E-state index contributed by atoms with van der Waals surface area (Å²) < 4.78 is 5.04. The molecule has 5 nitrogen and oxygen atoms in total. The molecule has 1 N–H and O–H groups in total. The number of rotatable bonds is 1. The lowest BCUT2D eigenvalue weighted by Crippen LogP contribution is -2.41. The van der Waals surface area contributed by atoms with Crippen LogP contribution in [-0.4, -0.2) is 48.5 Å². The summed E-state index contributed by atoms with van der Waals surface area (Å²) in [5, 5.41) is 11.2. The molecule has 0 aromatic heterocycles. The monoisotopic (exact) mass is 158 g/mol. The maximum atomic E-state index is 10.3. The van der Waals surface area contributed by atoms with E-state index in [0.717, 1.165) is 0 Å². The quantitative estimate of drug-likeness (QED) is 0.180. The third-order valence-corrected chi connectivity index (χ3v) is 1.54. The van der Waals surface area contributed by atoms with Gasteiger partial charge >= 0.3 is 0 Å². The number of morpholine rings is 1. The molecule has 0 aromatic rings. The normalized spacial score (nSPS) is 20.0. The van der Waals surface area contributed by atoms with E-state index in [1.807, 2.05) is 0 Å². The zero-order valence-electron chi connectivity index (χ0n) is 6.06. The Morgan fingerprint density at radius 1 is 1.55 bits per heavy atom. The fourth-order valence-electron chi connectivity index (χ4n) is 0.954. The second kappa shape index (κ2) is 3.92. The van der Waals surface area contributed by atoms with Crippen LogP contribution in [0.3, 0.4) is 0 Å². The summed E-state index contributed by atoms with van der Waals surface area (Å²) in [6.07, 6.45) is 0.533. The van der Waals surface area contributed by atoms with Crippen LogP contribution in [0.15, 0.2) is 5.16 Å². The molecule has 0 unspecified atom stereocenters. The van der Waals surface area contributed by atoms with Crippen molar-refractivity contribution in [3.05, 3.63) is 0 Å². The second-order valence-electron chi connectivity index (χ2n) is 2.18. The number of ether oxygens (including phenoxy) is 1. The predicted octanol–water partition coefficient (Wildman–Crippen LogP) is -0.695. The van der Waals surface area contributed by atoms with Gasteiger partial charge in [0.1, 0.15) is 0 Å². The van der Waals surface area contributed by atoms with Crippen molar-refractivity contribution in [3.63, 3.8) is 0 Å². The van der Waals surface area contributed by atoms with Gasteiger partial charge in [0.2, 0.25) is 5.84 Å². The maximum Gasteiger partial charge on any atom is 0.208 e. The molecule has 1 saturated heterocycles. The standard InChI is InChI=1S/C6H10N2O3/c9-5-6(7-10)8-1-3-11-4-2-8/h5,10H,1-4H2. The molecule has 1 heterocycles. The van der Waals surface area contributed by atoms with Crippen LogP contribution < -0.4 is 0 Å². The molecule has 0 saturated carbocycles. The van der Waals surface area contributed by atoms with Crippen molar-refractivity contribution in [2.24, 2.45) is 5.16 Å². The predicted molar refractivity (Wildman–Crippen MR) is 37.7 cm³/mol. The Kier molecular flexibility index (Phi) is 2.85. The Bertz CT molecular complexity index is 163. The lowest BCUT2D eigenvalue weighted by molar-refractivity contribution is -0.103. The van der Waals surface area contributed by atoms with Crippen LogP contribution >= 0.6 is 0 Å². The van der Waals surface area contributed by atoms with Crippen molar-refractivity contribution in [2.75, 3.05) is 26.3 Å². The van der Waals surface area contributed by atoms with Crippen molar-refractivity contribution < 1.29 is 14.7 Å². The highest BCUT2D eigenvalue weighted by Crippen LogP contribution is 1.96. The van der Waals surface area contributed by atoms with Crippen LogP contribution in [0.2, 0.25) is 0 Å². The number of hydrogen-bond donors (Lipinski definition) is 1. The zero-order chi connectivity index (χ0) is 8.10. The number of carbonyl (C=O) groups is 1. The lowest BCUT2D eigenvalue weighted by Gasteiger charge is -2.26. The van der Waals surface area contributed by atoms with E-state index in [1.165, 1.54) is 0 Å². The van der Waals surface area contributed by atoms with Gasteiger partial charge in [0.15, 0.2) is 6.29 Å². The average molecular weight is 158 g/mol. The molecular weight excluding hydrogens is 148 g/mol. The number of nitrogens with zero attached hydrogens (tertiary/aromatic N) is 2. The summed E-state index contributed by atoms with van der Waals surface area (Å²) in [6.45, 7) is 2.37. The van der Waals surface area contributed by atoms with Crippen molar-refractivity contribution in [1.82, 2.24) is 4.90 Å². The number of carbonyl (C=O) groups excluding carboxylic acids is 1. The molecule has 1 aliphatic rings. The molecule has 0 aromatic carbocycles. The highest BCUT2D eigenvalue weighted by atomic mass is 16.5. The van der Waals surface area contributed by atoms with Crippen molar-refractivity contribution in [1.29, 1.82) is 0 Å². The van der Waals surface area contributed by atoms with Crippen LogP contribution in [-0.2, 0) is 9.53 Å². The molecule has 0 amide bonds. The molecule has 0 atom stereocenters. The molecule has 0 aliphatic carbocycles. The molecule has 11 heavy (non-hydrogen) atoms. The highest BCUT2D eigenvalue weighted by molar-refractivity contribution is 6.26. The van der Waals surface area contributed by atoms with E-state index >= 15 is 0 Å². The Labute approximate surface area is 64.2 Å². The van der Waals surface area contributed by atoms with Crippen LogP contribution in [0.5, 0.6) is 0 Å². The van der Waals surface area contributed by atoms with Gasteiger partial charge < -0.3 is 14.8 Å². The Morgan fingerprint density at radius 2 is 2.18 bits per heavy atom. The third-order valence-electron chi connectivity index (χ3n) is 1.54. The molecular formula is C6H10N2O3. The minimum Gasteiger partial charge on any atom is -0.409 e. The van der Waals surface area contributed by atoms with E-state index in [4.69, 9.17) is 9.94 Å². The zero-order valence-corrected chi connectivity index (χ0v) is 6.06. The van der Waals surface area contributed by atoms with Gasteiger partial charge in [-0.25, -0.2) is 0 Å². The van der Waals surface area contributed by atoms with E-state index in [0.29, 0.717) is 32.6 Å². The van der Waals surface area contributed by atoms with Gasteiger partial charge in [0, 0.05) is 13.1 Å². The average Bonchev–Trinajstić information content (AvgIpc) is 2.09. The first-order valence-electron chi connectivity index (χ1n) is 3.38. The molecule has 0 spiro atoms. The fraction of sp³-hybridized carbons (Fsp3) is 0.667. The maximum absolute atomic E-state index is 10.3. The highest BCUT2D eigenvalue weighted by Gasteiger charge is 2.14. The van der Waals surface area contributed by atoms with Crippen LogP contribution in [0.25, 0.3) is 0 Å². The summed E-state index contributed by atoms with van der Waals surface area (Å²) >= 11 is 0. The molecule has 1 fully saturated rings.